The number of nitrogens with one attached hydrogen (secondary N) is 1. The summed E-state index contributed by atoms with van der Waals surface area (Å²) in [7, 11) is 0. The topological polar surface area (TPSA) is 12.0 Å². The van der Waals surface area contributed by atoms with Gasteiger partial charge >= 0.3 is 0 Å². The van der Waals surface area contributed by atoms with Gasteiger partial charge in [0.25, 0.3) is 0 Å². The minimum Gasteiger partial charge on any atom is -0.381 e. The summed E-state index contributed by atoms with van der Waals surface area (Å²) in [4.78, 5) is 0. The first kappa shape index (κ1) is 14.7. The molecular weight excluding hydrogens is 290 g/mol. The molecule has 0 unspecified atom stereocenters. The maximum absolute atomic E-state index is 6.05. The largest absolute Gasteiger partial charge is 0.381 e. The molecule has 0 radical (unpaired) electrons. The fourth-order valence-corrected chi connectivity index (χ4v) is 2.60. The zero-order valence-electron chi connectivity index (χ0n) is 12.5. The standard InChI is InChI=1S/C20H18ClN/c1-15-7-12-19(21)13-20(15)22-14-16-8-10-18(11-9-16)17-5-3-2-4-6-17/h2-13,22H,14H2,1H3. The fourth-order valence-electron chi connectivity index (χ4n) is 2.43. The third-order valence-electron chi connectivity index (χ3n) is 3.74. The second-order valence-corrected chi connectivity index (χ2v) is 5.81. The predicted molar refractivity (Wildman–Crippen MR) is 95.4 cm³/mol. The van der Waals surface area contributed by atoms with Gasteiger partial charge in [0.05, 0.1) is 0 Å². The van der Waals surface area contributed by atoms with Crippen LogP contribution in [0.2, 0.25) is 5.02 Å². The number of hydrogen-bond donors (Lipinski definition) is 1. The molecule has 0 saturated carbocycles. The van der Waals surface area contributed by atoms with Crippen molar-refractivity contribution in [3.05, 3.63) is 88.9 Å². The minimum atomic E-state index is 0.757. The lowest BCUT2D eigenvalue weighted by atomic mass is 10.0. The van der Waals surface area contributed by atoms with Crippen LogP contribution in [0.15, 0.2) is 72.8 Å². The van der Waals surface area contributed by atoms with E-state index < -0.39 is 0 Å². The molecule has 0 aliphatic rings. The summed E-state index contributed by atoms with van der Waals surface area (Å²) in [6.07, 6.45) is 0. The average Bonchev–Trinajstić information content (AvgIpc) is 2.57. The van der Waals surface area contributed by atoms with E-state index in [1.807, 2.05) is 24.3 Å². The van der Waals surface area contributed by atoms with Gasteiger partial charge in [-0.25, -0.2) is 0 Å². The van der Waals surface area contributed by atoms with Gasteiger partial charge in [0.15, 0.2) is 0 Å². The second kappa shape index (κ2) is 6.67. The van der Waals surface area contributed by atoms with Crippen molar-refractivity contribution >= 4 is 17.3 Å². The molecule has 0 aromatic heterocycles. The Morgan fingerprint density at radius 1 is 0.818 bits per heavy atom. The summed E-state index contributed by atoms with van der Waals surface area (Å²) in [6.45, 7) is 2.87. The number of anilines is 1. The van der Waals surface area contributed by atoms with E-state index in [0.717, 1.165) is 17.3 Å². The fraction of sp³-hybridized carbons (Fsp3) is 0.100. The van der Waals surface area contributed by atoms with Gasteiger partial charge in [0, 0.05) is 17.3 Å². The van der Waals surface area contributed by atoms with Crippen LogP contribution >= 0.6 is 11.6 Å². The summed E-state index contributed by atoms with van der Waals surface area (Å²) >= 11 is 6.05. The molecule has 0 saturated heterocycles. The monoisotopic (exact) mass is 307 g/mol. The molecule has 3 aromatic carbocycles. The van der Waals surface area contributed by atoms with E-state index in [4.69, 9.17) is 11.6 Å². The quantitative estimate of drug-likeness (QED) is 0.630. The van der Waals surface area contributed by atoms with Crippen LogP contribution in [0.1, 0.15) is 11.1 Å². The van der Waals surface area contributed by atoms with E-state index in [2.05, 4.69) is 60.8 Å². The van der Waals surface area contributed by atoms with E-state index in [0.29, 0.717) is 0 Å². The molecule has 0 aliphatic carbocycles. The molecule has 1 nitrogen and oxygen atoms in total. The Morgan fingerprint density at radius 2 is 1.50 bits per heavy atom. The summed E-state index contributed by atoms with van der Waals surface area (Å²) in [5.41, 5.74) is 6.01. The van der Waals surface area contributed by atoms with Crippen LogP contribution in [-0.2, 0) is 6.54 Å². The van der Waals surface area contributed by atoms with Crippen LogP contribution in [0, 0.1) is 6.92 Å². The van der Waals surface area contributed by atoms with Gasteiger partial charge < -0.3 is 5.32 Å². The smallest absolute Gasteiger partial charge is 0.0426 e. The summed E-state index contributed by atoms with van der Waals surface area (Å²) in [5, 5.41) is 4.20. The molecule has 1 N–H and O–H groups in total. The number of halogens is 1. The maximum atomic E-state index is 6.05. The van der Waals surface area contributed by atoms with Gasteiger partial charge in [0.2, 0.25) is 0 Å². The minimum absolute atomic E-state index is 0.757. The van der Waals surface area contributed by atoms with Crippen LogP contribution in [0.3, 0.4) is 0 Å². The van der Waals surface area contributed by atoms with Gasteiger partial charge in [0.1, 0.15) is 0 Å². The highest BCUT2D eigenvalue weighted by Gasteiger charge is 2.01. The first-order valence-electron chi connectivity index (χ1n) is 7.37. The summed E-state index contributed by atoms with van der Waals surface area (Å²) < 4.78 is 0. The normalized spacial score (nSPS) is 10.5. The van der Waals surface area contributed by atoms with Crippen LogP contribution in [-0.4, -0.2) is 0 Å². The molecule has 3 rings (SSSR count). The first-order chi connectivity index (χ1) is 10.7. The number of benzene rings is 3. The maximum Gasteiger partial charge on any atom is 0.0426 e. The molecule has 0 bridgehead atoms. The van der Waals surface area contributed by atoms with Crippen LogP contribution in [0.25, 0.3) is 11.1 Å². The highest BCUT2D eigenvalue weighted by Crippen LogP contribution is 2.22. The molecule has 0 atom stereocenters. The number of rotatable bonds is 4. The molecule has 0 amide bonds. The summed E-state index contributed by atoms with van der Waals surface area (Å²) in [6, 6.07) is 25.0. The third-order valence-corrected chi connectivity index (χ3v) is 3.98. The summed E-state index contributed by atoms with van der Waals surface area (Å²) in [5.74, 6) is 0. The van der Waals surface area contributed by atoms with Crippen molar-refractivity contribution in [2.45, 2.75) is 13.5 Å². The number of aryl methyl sites for hydroxylation is 1. The highest BCUT2D eigenvalue weighted by molar-refractivity contribution is 6.30. The van der Waals surface area contributed by atoms with Gasteiger partial charge in [-0.2, -0.15) is 0 Å². The molecule has 0 fully saturated rings. The third kappa shape index (κ3) is 3.49. The molecule has 3 aromatic rings. The molecule has 110 valence electrons. The van der Waals surface area contributed by atoms with Gasteiger partial charge in [-0.05, 0) is 41.3 Å². The highest BCUT2D eigenvalue weighted by atomic mass is 35.5. The van der Waals surface area contributed by atoms with Crippen molar-refractivity contribution in [1.29, 1.82) is 0 Å². The van der Waals surface area contributed by atoms with Crippen molar-refractivity contribution in [1.82, 2.24) is 0 Å². The second-order valence-electron chi connectivity index (χ2n) is 5.38. The lowest BCUT2D eigenvalue weighted by molar-refractivity contribution is 1.14. The van der Waals surface area contributed by atoms with E-state index in [1.165, 1.54) is 22.3 Å². The Morgan fingerprint density at radius 3 is 2.23 bits per heavy atom. The molecular formula is C20H18ClN. The Labute approximate surface area is 136 Å². The Hall–Kier alpha value is -2.25. The van der Waals surface area contributed by atoms with Crippen molar-refractivity contribution in [2.24, 2.45) is 0 Å². The lowest BCUT2D eigenvalue weighted by Gasteiger charge is -2.10. The molecule has 0 spiro atoms. The molecule has 22 heavy (non-hydrogen) atoms. The zero-order chi connectivity index (χ0) is 15.4. The van der Waals surface area contributed by atoms with Gasteiger partial charge in [-0.15, -0.1) is 0 Å². The Balaban J connectivity index is 1.70. The van der Waals surface area contributed by atoms with Crippen LogP contribution < -0.4 is 5.32 Å². The Kier molecular flexibility index (Phi) is 4.45. The van der Waals surface area contributed by atoms with E-state index in [9.17, 15) is 0 Å². The average molecular weight is 308 g/mol. The SMILES string of the molecule is Cc1ccc(Cl)cc1NCc1ccc(-c2ccccc2)cc1. The zero-order valence-corrected chi connectivity index (χ0v) is 13.3. The van der Waals surface area contributed by atoms with E-state index >= 15 is 0 Å². The molecule has 2 heteroatoms. The van der Waals surface area contributed by atoms with Gasteiger partial charge in [-0.1, -0.05) is 72.3 Å². The van der Waals surface area contributed by atoms with Crippen LogP contribution in [0.5, 0.6) is 0 Å². The Bertz CT molecular complexity index is 748. The van der Waals surface area contributed by atoms with Crippen LogP contribution in [0.4, 0.5) is 5.69 Å². The lowest BCUT2D eigenvalue weighted by Crippen LogP contribution is -2.00. The molecule has 0 heterocycles. The predicted octanol–water partition coefficient (Wildman–Crippen LogP) is 5.93. The van der Waals surface area contributed by atoms with E-state index in [-0.39, 0.29) is 0 Å². The van der Waals surface area contributed by atoms with Crippen molar-refractivity contribution in [3.63, 3.8) is 0 Å². The first-order valence-corrected chi connectivity index (χ1v) is 7.74. The van der Waals surface area contributed by atoms with Crippen molar-refractivity contribution in [3.8, 4) is 11.1 Å². The van der Waals surface area contributed by atoms with Crippen molar-refractivity contribution < 1.29 is 0 Å². The van der Waals surface area contributed by atoms with E-state index in [1.54, 1.807) is 0 Å². The number of hydrogen-bond acceptors (Lipinski definition) is 1. The van der Waals surface area contributed by atoms with Crippen molar-refractivity contribution in [2.75, 3.05) is 5.32 Å². The molecule has 0 aliphatic heterocycles. The van der Waals surface area contributed by atoms with Gasteiger partial charge in [-0.3, -0.25) is 0 Å².